The molecule has 1 aromatic carbocycles. The molecular formula is C19H14BrCl3N2O3. The van der Waals surface area contributed by atoms with Gasteiger partial charge in [-0.2, -0.15) is 5.10 Å². The summed E-state index contributed by atoms with van der Waals surface area (Å²) in [6, 6.07) is 6.57. The summed E-state index contributed by atoms with van der Waals surface area (Å²) >= 11 is 21.4. The van der Waals surface area contributed by atoms with Crippen molar-refractivity contribution in [3.8, 4) is 5.75 Å². The van der Waals surface area contributed by atoms with Crippen LogP contribution in [-0.2, 0) is 13.2 Å². The van der Waals surface area contributed by atoms with Gasteiger partial charge in [-0.15, -0.1) is 0 Å². The minimum absolute atomic E-state index is 0.122. The summed E-state index contributed by atoms with van der Waals surface area (Å²) < 4.78 is 13.6. The fourth-order valence-corrected chi connectivity index (χ4v) is 3.87. The number of ketones is 1. The number of hydrogen-bond donors (Lipinski definition) is 0. The van der Waals surface area contributed by atoms with Crippen LogP contribution in [0.2, 0.25) is 15.1 Å². The van der Waals surface area contributed by atoms with Gasteiger partial charge in [0.05, 0.1) is 20.7 Å². The number of halogens is 4. The third kappa shape index (κ3) is 4.81. The number of aryl methyl sites for hydroxylation is 1. The summed E-state index contributed by atoms with van der Waals surface area (Å²) in [7, 11) is 0. The number of nitrogens with zero attached hydrogens (tertiary/aromatic N) is 2. The highest BCUT2D eigenvalue weighted by Crippen LogP contribution is 2.36. The van der Waals surface area contributed by atoms with Gasteiger partial charge in [-0.05, 0) is 59.3 Å². The molecule has 0 N–H and O–H groups in total. The number of rotatable bonds is 7. The maximum Gasteiger partial charge on any atom is 0.205 e. The number of carbonyl (C=O) groups excluding carboxylic acids is 1. The average molecular weight is 505 g/mol. The van der Waals surface area contributed by atoms with Gasteiger partial charge in [0.1, 0.15) is 23.8 Å². The second-order valence-corrected chi connectivity index (χ2v) is 7.75. The molecule has 28 heavy (non-hydrogen) atoms. The van der Waals surface area contributed by atoms with E-state index in [1.807, 2.05) is 6.92 Å². The lowest BCUT2D eigenvalue weighted by atomic mass is 10.2. The maximum absolute atomic E-state index is 12.4. The molecule has 2 heterocycles. The van der Waals surface area contributed by atoms with Crippen molar-refractivity contribution < 1.29 is 13.9 Å². The van der Waals surface area contributed by atoms with Crippen molar-refractivity contribution in [3.05, 3.63) is 73.3 Å². The minimum Gasteiger partial charge on any atom is -0.483 e. The molecule has 0 amide bonds. The summed E-state index contributed by atoms with van der Waals surface area (Å²) in [5, 5.41) is 5.18. The second kappa shape index (κ2) is 9.18. The van der Waals surface area contributed by atoms with Crippen LogP contribution in [0.5, 0.6) is 5.75 Å². The smallest absolute Gasteiger partial charge is 0.205 e. The summed E-state index contributed by atoms with van der Waals surface area (Å²) in [6.45, 7) is 2.63. The minimum atomic E-state index is -0.180. The van der Waals surface area contributed by atoms with Crippen molar-refractivity contribution in [3.63, 3.8) is 0 Å². The summed E-state index contributed by atoms with van der Waals surface area (Å²) in [6.07, 6.45) is 4.62. The van der Waals surface area contributed by atoms with Gasteiger partial charge in [0.15, 0.2) is 5.75 Å². The van der Waals surface area contributed by atoms with Crippen LogP contribution in [0.1, 0.15) is 28.9 Å². The number of carbonyl (C=O) groups is 1. The first kappa shape index (κ1) is 21.0. The largest absolute Gasteiger partial charge is 0.483 e. The number of benzene rings is 1. The predicted octanol–water partition coefficient (Wildman–Crippen LogP) is 6.69. The highest BCUT2D eigenvalue weighted by atomic mass is 79.9. The van der Waals surface area contributed by atoms with E-state index in [0.29, 0.717) is 49.0 Å². The average Bonchev–Trinajstić information content (AvgIpc) is 3.25. The van der Waals surface area contributed by atoms with Gasteiger partial charge < -0.3 is 9.15 Å². The van der Waals surface area contributed by atoms with E-state index in [1.54, 1.807) is 41.2 Å². The zero-order valence-corrected chi connectivity index (χ0v) is 18.4. The topological polar surface area (TPSA) is 57.3 Å². The van der Waals surface area contributed by atoms with E-state index in [0.717, 1.165) is 0 Å². The van der Waals surface area contributed by atoms with Crippen LogP contribution in [0.15, 0.2) is 45.4 Å². The van der Waals surface area contributed by atoms with E-state index in [2.05, 4.69) is 21.0 Å². The Morgan fingerprint density at radius 2 is 2.00 bits per heavy atom. The molecule has 2 aromatic heterocycles. The summed E-state index contributed by atoms with van der Waals surface area (Å²) in [4.78, 5) is 12.4. The SMILES string of the molecule is CCn1ncc(Br)c1C(=O)/C=C/c1ccc(COc2c(Cl)cc(Cl)cc2Cl)o1. The first-order valence-corrected chi connectivity index (χ1v) is 10.1. The van der Waals surface area contributed by atoms with Crippen LogP contribution in [-0.4, -0.2) is 15.6 Å². The zero-order chi connectivity index (χ0) is 20.3. The Labute approximate surface area is 184 Å². The molecule has 0 saturated carbocycles. The molecule has 0 atom stereocenters. The Balaban J connectivity index is 1.67. The number of hydrogen-bond acceptors (Lipinski definition) is 4. The molecule has 3 rings (SSSR count). The fourth-order valence-electron chi connectivity index (χ4n) is 2.46. The second-order valence-electron chi connectivity index (χ2n) is 5.65. The molecular weight excluding hydrogens is 490 g/mol. The summed E-state index contributed by atoms with van der Waals surface area (Å²) in [5.74, 6) is 1.21. The Hall–Kier alpha value is -1.73. The quantitative estimate of drug-likeness (QED) is 0.266. The third-order valence-corrected chi connectivity index (χ3v) is 5.09. The standard InChI is InChI=1S/C19H14BrCl3N2O3/c1-2-25-18(14(20)9-24-25)17(26)6-5-12-3-4-13(28-12)10-27-19-15(22)7-11(21)8-16(19)23/h3-9H,2,10H2,1H3/b6-5+. The fraction of sp³-hybridized carbons (Fsp3) is 0.158. The molecule has 0 bridgehead atoms. The van der Waals surface area contributed by atoms with Crippen molar-refractivity contribution in [2.45, 2.75) is 20.1 Å². The number of allylic oxidation sites excluding steroid dienone is 1. The number of ether oxygens (including phenoxy) is 1. The monoisotopic (exact) mass is 502 g/mol. The highest BCUT2D eigenvalue weighted by Gasteiger charge is 2.14. The van der Waals surface area contributed by atoms with E-state index >= 15 is 0 Å². The molecule has 146 valence electrons. The molecule has 0 unspecified atom stereocenters. The van der Waals surface area contributed by atoms with Crippen molar-refractivity contribution in [2.24, 2.45) is 0 Å². The molecule has 0 spiro atoms. The van der Waals surface area contributed by atoms with Crippen molar-refractivity contribution in [1.82, 2.24) is 9.78 Å². The number of furan rings is 1. The van der Waals surface area contributed by atoms with Gasteiger partial charge >= 0.3 is 0 Å². The van der Waals surface area contributed by atoms with Crippen LogP contribution in [0.4, 0.5) is 0 Å². The first-order chi connectivity index (χ1) is 13.4. The molecule has 0 fully saturated rings. The third-order valence-electron chi connectivity index (χ3n) is 3.73. The normalized spacial score (nSPS) is 11.3. The molecule has 0 saturated heterocycles. The summed E-state index contributed by atoms with van der Waals surface area (Å²) in [5.41, 5.74) is 0.487. The Kier molecular flexibility index (Phi) is 6.88. The van der Waals surface area contributed by atoms with E-state index in [4.69, 9.17) is 44.0 Å². The lowest BCUT2D eigenvalue weighted by Gasteiger charge is -2.08. The van der Waals surface area contributed by atoms with E-state index in [1.165, 1.54) is 6.08 Å². The molecule has 0 aliphatic carbocycles. The van der Waals surface area contributed by atoms with Crippen LogP contribution < -0.4 is 4.74 Å². The van der Waals surface area contributed by atoms with Crippen molar-refractivity contribution >= 4 is 62.6 Å². The van der Waals surface area contributed by atoms with Crippen LogP contribution in [0.25, 0.3) is 6.08 Å². The van der Waals surface area contributed by atoms with Crippen LogP contribution in [0, 0.1) is 0 Å². The zero-order valence-electron chi connectivity index (χ0n) is 14.6. The van der Waals surface area contributed by atoms with Gasteiger partial charge in [0.2, 0.25) is 5.78 Å². The van der Waals surface area contributed by atoms with Gasteiger partial charge in [0.25, 0.3) is 0 Å². The van der Waals surface area contributed by atoms with Gasteiger partial charge in [-0.1, -0.05) is 34.8 Å². The van der Waals surface area contributed by atoms with Crippen LogP contribution in [0.3, 0.4) is 0 Å². The Morgan fingerprint density at radius 1 is 1.29 bits per heavy atom. The van der Waals surface area contributed by atoms with Crippen molar-refractivity contribution in [1.29, 1.82) is 0 Å². The highest BCUT2D eigenvalue weighted by molar-refractivity contribution is 9.10. The molecule has 0 aliphatic heterocycles. The van der Waals surface area contributed by atoms with E-state index < -0.39 is 0 Å². The molecule has 9 heteroatoms. The molecule has 0 radical (unpaired) electrons. The van der Waals surface area contributed by atoms with Crippen molar-refractivity contribution in [2.75, 3.05) is 0 Å². The molecule has 3 aromatic rings. The van der Waals surface area contributed by atoms with Gasteiger partial charge in [0, 0.05) is 11.6 Å². The van der Waals surface area contributed by atoms with E-state index in [-0.39, 0.29) is 12.4 Å². The maximum atomic E-state index is 12.4. The first-order valence-electron chi connectivity index (χ1n) is 8.18. The lowest BCUT2D eigenvalue weighted by molar-refractivity contribution is 0.103. The molecule has 0 aliphatic rings. The molecule has 5 nitrogen and oxygen atoms in total. The number of aromatic nitrogens is 2. The Morgan fingerprint density at radius 3 is 2.68 bits per heavy atom. The van der Waals surface area contributed by atoms with Crippen LogP contribution >= 0.6 is 50.7 Å². The van der Waals surface area contributed by atoms with E-state index in [9.17, 15) is 4.79 Å². The predicted molar refractivity (Wildman–Crippen MR) is 113 cm³/mol. The Bertz CT molecular complexity index is 1020. The van der Waals surface area contributed by atoms with Gasteiger partial charge in [-0.3, -0.25) is 9.48 Å². The lowest BCUT2D eigenvalue weighted by Crippen LogP contribution is -2.07. The van der Waals surface area contributed by atoms with Gasteiger partial charge in [-0.25, -0.2) is 0 Å².